The summed E-state index contributed by atoms with van der Waals surface area (Å²) in [6, 6.07) is 0. The van der Waals surface area contributed by atoms with Gasteiger partial charge in [0, 0.05) is 12.8 Å². The first-order valence-electron chi connectivity index (χ1n) is 7.25. The Kier molecular flexibility index (Phi) is 3.95. The number of carbonyl (C=O) groups is 2. The first-order chi connectivity index (χ1) is 8.79. The lowest BCUT2D eigenvalue weighted by Gasteiger charge is -2.25. The Balaban J connectivity index is 2.49. The molecule has 0 aromatic carbocycles. The van der Waals surface area contributed by atoms with E-state index in [4.69, 9.17) is 0 Å². The smallest absolute Gasteiger partial charge is 0.156 e. The molecule has 0 N–H and O–H groups in total. The van der Waals surface area contributed by atoms with Crippen LogP contribution in [0.3, 0.4) is 0 Å². The fraction of sp³-hybridized carbons (Fsp3) is 0.625. The van der Waals surface area contributed by atoms with Gasteiger partial charge < -0.3 is 0 Å². The van der Waals surface area contributed by atoms with Gasteiger partial charge in [-0.2, -0.15) is 0 Å². The molecule has 2 nitrogen and oxygen atoms in total. The third-order valence-electron chi connectivity index (χ3n) is 4.40. The second-order valence-electron chi connectivity index (χ2n) is 6.89. The Hall–Kier alpha value is -0.963. The van der Waals surface area contributed by atoms with Gasteiger partial charge >= 0.3 is 0 Å². The van der Waals surface area contributed by atoms with E-state index in [2.05, 4.69) is 25.7 Å². The van der Waals surface area contributed by atoms with Crippen LogP contribution in [0.15, 0.2) is 22.4 Å². The van der Waals surface area contributed by atoms with Gasteiger partial charge in [-0.25, -0.2) is 0 Å². The summed E-state index contributed by atoms with van der Waals surface area (Å²) in [5.74, 6) is 0.867. The summed E-state index contributed by atoms with van der Waals surface area (Å²) in [5.41, 5.74) is 2.17. The van der Waals surface area contributed by atoms with Crippen LogP contribution in [0.1, 0.15) is 39.0 Å². The molecule has 2 aliphatic rings. The maximum atomic E-state index is 12.0. The molecule has 0 saturated carbocycles. The van der Waals surface area contributed by atoms with Gasteiger partial charge in [0.15, 0.2) is 5.78 Å². The van der Waals surface area contributed by atoms with Crippen LogP contribution >= 0.6 is 0 Å². The molecule has 19 heavy (non-hydrogen) atoms. The molecule has 0 amide bonds. The Morgan fingerprint density at radius 3 is 2.47 bits per heavy atom. The van der Waals surface area contributed by atoms with E-state index in [1.807, 2.05) is 0 Å². The van der Waals surface area contributed by atoms with Crippen molar-refractivity contribution in [3.63, 3.8) is 0 Å². The zero-order valence-electron chi connectivity index (χ0n) is 12.5. The second kappa shape index (κ2) is 5.20. The highest BCUT2D eigenvalue weighted by Gasteiger charge is 2.31. The van der Waals surface area contributed by atoms with E-state index in [9.17, 15) is 9.59 Å². The van der Waals surface area contributed by atoms with E-state index in [0.717, 1.165) is 24.8 Å². The number of rotatable bonds is 2. The van der Waals surface area contributed by atoms with Crippen molar-refractivity contribution < 1.29 is 9.59 Å². The minimum absolute atomic E-state index is 0.191. The molecule has 0 aromatic rings. The van der Waals surface area contributed by atoms with Crippen molar-refractivity contribution in [3.8, 4) is 0 Å². The monoisotopic (exact) mass is 276 g/mol. The van der Waals surface area contributed by atoms with Crippen LogP contribution < -0.4 is 0 Å². The third-order valence-corrected chi connectivity index (χ3v) is 6.72. The lowest BCUT2D eigenvalue weighted by atomic mass is 9.90. The normalized spacial score (nSPS) is 27.5. The highest BCUT2D eigenvalue weighted by molar-refractivity contribution is 6.83. The molecular formula is C16H24O2Si. The van der Waals surface area contributed by atoms with Gasteiger partial charge in [0.1, 0.15) is 5.78 Å². The fourth-order valence-corrected chi connectivity index (χ4v) is 4.63. The summed E-state index contributed by atoms with van der Waals surface area (Å²) in [7, 11) is -1.40. The van der Waals surface area contributed by atoms with E-state index in [1.165, 1.54) is 10.8 Å². The minimum atomic E-state index is -1.40. The van der Waals surface area contributed by atoms with Crippen LogP contribution in [0.5, 0.6) is 0 Å². The first-order valence-corrected chi connectivity index (χ1v) is 10.8. The molecule has 0 bridgehead atoms. The highest BCUT2D eigenvalue weighted by Crippen LogP contribution is 2.39. The Morgan fingerprint density at radius 2 is 1.89 bits per heavy atom. The molecule has 0 radical (unpaired) electrons. The van der Waals surface area contributed by atoms with Crippen molar-refractivity contribution >= 4 is 19.6 Å². The standard InChI is InChI=1S/C16H24O2Si/c1-11(17)15-8-5-12-9-13(18)6-7-14(10-16(12)15)19(2,3)4/h10,12H,5-9H2,1-4H3/b14-10+. The molecule has 0 saturated heterocycles. The van der Waals surface area contributed by atoms with Crippen LogP contribution in [-0.2, 0) is 9.59 Å². The lowest BCUT2D eigenvalue weighted by Crippen LogP contribution is -2.26. The molecule has 0 spiro atoms. The first kappa shape index (κ1) is 14.4. The average Bonchev–Trinajstić information content (AvgIpc) is 2.62. The Morgan fingerprint density at radius 1 is 1.21 bits per heavy atom. The van der Waals surface area contributed by atoms with E-state index in [0.29, 0.717) is 24.5 Å². The molecule has 3 heteroatoms. The zero-order chi connectivity index (χ0) is 14.2. The largest absolute Gasteiger partial charge is 0.300 e. The van der Waals surface area contributed by atoms with Crippen LogP contribution in [0.4, 0.5) is 0 Å². The molecule has 2 rings (SSSR count). The summed E-state index contributed by atoms with van der Waals surface area (Å²) >= 11 is 0. The predicted octanol–water partition coefficient (Wildman–Crippen LogP) is 3.84. The molecule has 1 unspecified atom stereocenters. The van der Waals surface area contributed by atoms with Gasteiger partial charge in [-0.05, 0) is 43.3 Å². The molecule has 1 atom stereocenters. The van der Waals surface area contributed by atoms with Crippen molar-refractivity contribution in [1.82, 2.24) is 0 Å². The fourth-order valence-electron chi connectivity index (χ4n) is 3.16. The number of ketones is 2. The van der Waals surface area contributed by atoms with Gasteiger partial charge in [-0.3, -0.25) is 9.59 Å². The summed E-state index contributed by atoms with van der Waals surface area (Å²) in [6.07, 6.45) is 6.36. The Bertz CT molecular complexity index is 477. The number of carbonyl (C=O) groups excluding carboxylic acids is 2. The predicted molar refractivity (Wildman–Crippen MR) is 80.7 cm³/mol. The van der Waals surface area contributed by atoms with Crippen LogP contribution in [-0.4, -0.2) is 19.6 Å². The minimum Gasteiger partial charge on any atom is -0.300 e. The van der Waals surface area contributed by atoms with Crippen molar-refractivity contribution in [3.05, 3.63) is 22.4 Å². The number of Topliss-reactive ketones (excluding diaryl/α,β-unsaturated/α-hetero) is 2. The van der Waals surface area contributed by atoms with E-state index in [-0.39, 0.29) is 5.78 Å². The van der Waals surface area contributed by atoms with E-state index >= 15 is 0 Å². The number of fused-ring (bicyclic) bond motifs is 1. The number of allylic oxidation sites excluding steroid dienone is 4. The molecule has 0 fully saturated rings. The molecule has 0 aromatic heterocycles. The average molecular weight is 276 g/mol. The van der Waals surface area contributed by atoms with Gasteiger partial charge in [0.25, 0.3) is 0 Å². The highest BCUT2D eigenvalue weighted by atomic mass is 28.3. The van der Waals surface area contributed by atoms with Gasteiger partial charge in [0.05, 0.1) is 8.07 Å². The van der Waals surface area contributed by atoms with Crippen molar-refractivity contribution in [2.75, 3.05) is 0 Å². The van der Waals surface area contributed by atoms with Crippen LogP contribution in [0, 0.1) is 5.92 Å². The van der Waals surface area contributed by atoms with Crippen molar-refractivity contribution in [2.24, 2.45) is 5.92 Å². The molecule has 104 valence electrons. The maximum Gasteiger partial charge on any atom is 0.156 e. The van der Waals surface area contributed by atoms with Crippen LogP contribution in [0.25, 0.3) is 0 Å². The third kappa shape index (κ3) is 3.14. The molecule has 2 aliphatic carbocycles. The van der Waals surface area contributed by atoms with E-state index < -0.39 is 8.07 Å². The SMILES string of the molecule is CC(=O)C1=C2/C=C(/[Si](C)(C)C)CCC(=O)CC2CC1. The molecule has 0 aliphatic heterocycles. The summed E-state index contributed by atoms with van der Waals surface area (Å²) in [4.78, 5) is 23.8. The van der Waals surface area contributed by atoms with Crippen LogP contribution in [0.2, 0.25) is 19.6 Å². The summed E-state index contributed by atoms with van der Waals surface area (Å²) in [5, 5.41) is 1.45. The van der Waals surface area contributed by atoms with Crippen molar-refractivity contribution in [1.29, 1.82) is 0 Å². The Labute approximate surface area is 117 Å². The summed E-state index contributed by atoms with van der Waals surface area (Å²) in [6.45, 7) is 8.63. The quantitative estimate of drug-likeness (QED) is 0.718. The second-order valence-corrected chi connectivity index (χ2v) is 12.0. The van der Waals surface area contributed by atoms with E-state index in [1.54, 1.807) is 6.92 Å². The number of hydrogen-bond donors (Lipinski definition) is 0. The van der Waals surface area contributed by atoms with Gasteiger partial charge in [0.2, 0.25) is 0 Å². The lowest BCUT2D eigenvalue weighted by molar-refractivity contribution is -0.119. The maximum absolute atomic E-state index is 12.0. The zero-order valence-corrected chi connectivity index (χ0v) is 13.5. The topological polar surface area (TPSA) is 34.1 Å². The van der Waals surface area contributed by atoms with Crippen molar-refractivity contribution in [2.45, 2.75) is 58.7 Å². The summed E-state index contributed by atoms with van der Waals surface area (Å²) < 4.78 is 0. The van der Waals surface area contributed by atoms with Gasteiger partial charge in [-0.15, -0.1) is 0 Å². The van der Waals surface area contributed by atoms with Gasteiger partial charge in [-0.1, -0.05) is 30.9 Å². The molecule has 0 heterocycles. The number of hydrogen-bond acceptors (Lipinski definition) is 2. The molecular weight excluding hydrogens is 252 g/mol.